The number of aliphatic imine (C=N–C) groups is 1. The zero-order chi connectivity index (χ0) is 15.0. The van der Waals surface area contributed by atoms with Gasteiger partial charge in [0.1, 0.15) is 5.84 Å². The molecule has 5 heteroatoms. The molecule has 0 fully saturated rings. The van der Waals surface area contributed by atoms with Gasteiger partial charge in [-0.05, 0) is 35.4 Å². The molecular formula is C16H11Br2N3. The van der Waals surface area contributed by atoms with Crippen LogP contribution in [0.3, 0.4) is 0 Å². The Labute approximate surface area is 139 Å². The Bertz CT molecular complexity index is 772. The van der Waals surface area contributed by atoms with E-state index < -0.39 is 0 Å². The third-order valence-electron chi connectivity index (χ3n) is 3.24. The van der Waals surface area contributed by atoms with Crippen molar-refractivity contribution in [2.45, 2.75) is 0 Å². The second kappa shape index (κ2) is 5.58. The monoisotopic (exact) mass is 403 g/mol. The van der Waals surface area contributed by atoms with Gasteiger partial charge in [-0.3, -0.25) is 5.41 Å². The average Bonchev–Trinajstić information content (AvgIpc) is 2.75. The van der Waals surface area contributed by atoms with Gasteiger partial charge in [0.2, 0.25) is 0 Å². The lowest BCUT2D eigenvalue weighted by Gasteiger charge is -2.09. The van der Waals surface area contributed by atoms with Crippen LogP contribution in [0.5, 0.6) is 0 Å². The Hall–Kier alpha value is -1.72. The van der Waals surface area contributed by atoms with E-state index in [1.54, 1.807) is 0 Å². The van der Waals surface area contributed by atoms with E-state index in [9.17, 15) is 0 Å². The number of rotatable bonds is 2. The minimum absolute atomic E-state index is 0.202. The lowest BCUT2D eigenvalue weighted by atomic mass is 9.95. The predicted octanol–water partition coefficient (Wildman–Crippen LogP) is 4.47. The van der Waals surface area contributed by atoms with Gasteiger partial charge in [-0.2, -0.15) is 0 Å². The molecule has 2 aromatic carbocycles. The summed E-state index contributed by atoms with van der Waals surface area (Å²) in [6.07, 6.45) is 0. The first-order valence-corrected chi connectivity index (χ1v) is 7.84. The molecule has 0 aliphatic carbocycles. The lowest BCUT2D eigenvalue weighted by Crippen LogP contribution is -2.11. The van der Waals surface area contributed by atoms with Crippen LogP contribution in [0, 0.1) is 5.41 Å². The molecule has 2 aromatic rings. The Kier molecular flexibility index (Phi) is 3.78. The van der Waals surface area contributed by atoms with Crippen molar-refractivity contribution in [1.82, 2.24) is 0 Å². The first-order chi connectivity index (χ1) is 10.1. The largest absolute Gasteiger partial charge is 0.383 e. The summed E-state index contributed by atoms with van der Waals surface area (Å²) in [5.74, 6) is 0.591. The molecule has 3 nitrogen and oxygen atoms in total. The summed E-state index contributed by atoms with van der Waals surface area (Å²) in [5.41, 5.74) is 9.50. The van der Waals surface area contributed by atoms with Crippen molar-refractivity contribution in [3.63, 3.8) is 0 Å². The Morgan fingerprint density at radius 1 is 0.762 bits per heavy atom. The van der Waals surface area contributed by atoms with Crippen molar-refractivity contribution < 1.29 is 0 Å². The smallest absolute Gasteiger partial charge is 0.155 e. The van der Waals surface area contributed by atoms with Crippen LogP contribution in [0.25, 0.3) is 11.1 Å². The van der Waals surface area contributed by atoms with Gasteiger partial charge < -0.3 is 5.73 Å². The molecule has 1 aliphatic rings. The normalized spacial score (nSPS) is 14.6. The van der Waals surface area contributed by atoms with Crippen LogP contribution >= 0.6 is 31.9 Å². The number of nitrogens with two attached hydrogens (primary N) is 1. The topological polar surface area (TPSA) is 62.2 Å². The highest BCUT2D eigenvalue weighted by Gasteiger charge is 2.24. The fourth-order valence-corrected chi connectivity index (χ4v) is 2.81. The Balaban J connectivity index is 2.19. The molecule has 104 valence electrons. The van der Waals surface area contributed by atoms with E-state index in [0.717, 1.165) is 31.2 Å². The van der Waals surface area contributed by atoms with Crippen LogP contribution in [0.1, 0.15) is 11.1 Å². The van der Waals surface area contributed by atoms with E-state index in [4.69, 9.17) is 11.1 Å². The van der Waals surface area contributed by atoms with E-state index in [-0.39, 0.29) is 5.84 Å². The van der Waals surface area contributed by atoms with Crippen molar-refractivity contribution in [1.29, 1.82) is 5.41 Å². The summed E-state index contributed by atoms with van der Waals surface area (Å²) >= 11 is 6.84. The van der Waals surface area contributed by atoms with Crippen molar-refractivity contribution in [3.8, 4) is 0 Å². The fourth-order valence-electron chi connectivity index (χ4n) is 2.29. The summed E-state index contributed by atoms with van der Waals surface area (Å²) < 4.78 is 2.00. The molecule has 3 N–H and O–H groups in total. The van der Waals surface area contributed by atoms with Crippen molar-refractivity contribution in [3.05, 3.63) is 68.6 Å². The maximum Gasteiger partial charge on any atom is 0.155 e. The fraction of sp³-hybridized carbons (Fsp3) is 0. The van der Waals surface area contributed by atoms with Crippen LogP contribution in [0.15, 0.2) is 62.5 Å². The van der Waals surface area contributed by atoms with Crippen LogP contribution in [-0.4, -0.2) is 11.7 Å². The third kappa shape index (κ3) is 2.71. The molecule has 0 amide bonds. The van der Waals surface area contributed by atoms with Crippen molar-refractivity contribution >= 4 is 54.7 Å². The zero-order valence-electron chi connectivity index (χ0n) is 10.9. The molecule has 0 aromatic heterocycles. The van der Waals surface area contributed by atoms with Gasteiger partial charge in [-0.15, -0.1) is 0 Å². The molecule has 0 saturated carbocycles. The van der Waals surface area contributed by atoms with E-state index >= 15 is 0 Å². The summed E-state index contributed by atoms with van der Waals surface area (Å²) in [6, 6.07) is 15.7. The Morgan fingerprint density at radius 2 is 1.19 bits per heavy atom. The molecule has 1 heterocycles. The number of nitrogens with one attached hydrogen (secondary N) is 1. The number of halogens is 2. The quantitative estimate of drug-likeness (QED) is 0.761. The van der Waals surface area contributed by atoms with Gasteiger partial charge in [0.25, 0.3) is 0 Å². The van der Waals surface area contributed by atoms with Gasteiger partial charge >= 0.3 is 0 Å². The summed E-state index contributed by atoms with van der Waals surface area (Å²) in [7, 11) is 0. The molecule has 0 spiro atoms. The average molecular weight is 405 g/mol. The number of nitrogens with zero attached hydrogens (tertiary/aromatic N) is 1. The van der Waals surface area contributed by atoms with Gasteiger partial charge in [0, 0.05) is 20.1 Å². The number of benzene rings is 2. The van der Waals surface area contributed by atoms with Crippen LogP contribution < -0.4 is 5.73 Å². The van der Waals surface area contributed by atoms with E-state index in [1.165, 1.54) is 0 Å². The van der Waals surface area contributed by atoms with Crippen LogP contribution in [-0.2, 0) is 0 Å². The summed E-state index contributed by atoms with van der Waals surface area (Å²) in [6.45, 7) is 0. The van der Waals surface area contributed by atoms with E-state index in [0.29, 0.717) is 5.84 Å². The van der Waals surface area contributed by atoms with Crippen molar-refractivity contribution in [2.24, 2.45) is 10.7 Å². The van der Waals surface area contributed by atoms with Gasteiger partial charge in [-0.25, -0.2) is 4.99 Å². The third-order valence-corrected chi connectivity index (χ3v) is 4.30. The lowest BCUT2D eigenvalue weighted by molar-refractivity contribution is 1.46. The second-order valence-electron chi connectivity index (χ2n) is 4.61. The molecule has 0 atom stereocenters. The maximum absolute atomic E-state index is 8.10. The van der Waals surface area contributed by atoms with E-state index in [2.05, 4.69) is 36.9 Å². The molecular weight excluding hydrogens is 394 g/mol. The molecule has 1 aliphatic heterocycles. The molecule has 0 radical (unpaired) electrons. The minimum atomic E-state index is 0.202. The maximum atomic E-state index is 8.10. The predicted molar refractivity (Wildman–Crippen MR) is 94.4 cm³/mol. The molecule has 0 unspecified atom stereocenters. The zero-order valence-corrected chi connectivity index (χ0v) is 14.1. The highest BCUT2D eigenvalue weighted by Crippen LogP contribution is 2.33. The van der Waals surface area contributed by atoms with Gasteiger partial charge in [-0.1, -0.05) is 56.1 Å². The number of hydrogen-bond donors (Lipinski definition) is 2. The van der Waals surface area contributed by atoms with Gasteiger partial charge in [0.05, 0.1) is 0 Å². The molecule has 21 heavy (non-hydrogen) atoms. The highest BCUT2D eigenvalue weighted by atomic mass is 79.9. The number of hydrogen-bond acceptors (Lipinski definition) is 2. The standard InChI is InChI=1S/C16H11Br2N3/c17-11-5-1-9(2-6-11)13-14(16(20)21-15(13)19)10-3-7-12(18)8-4-10/h1-8H,(H3,19,20,21). The highest BCUT2D eigenvalue weighted by molar-refractivity contribution is 9.10. The summed E-state index contributed by atoms with van der Waals surface area (Å²) in [4.78, 5) is 4.13. The minimum Gasteiger partial charge on any atom is -0.383 e. The van der Waals surface area contributed by atoms with Crippen LogP contribution in [0.2, 0.25) is 0 Å². The molecule has 0 saturated heterocycles. The first-order valence-electron chi connectivity index (χ1n) is 6.26. The first kappa shape index (κ1) is 14.2. The van der Waals surface area contributed by atoms with E-state index in [1.807, 2.05) is 48.5 Å². The summed E-state index contributed by atoms with van der Waals surface area (Å²) in [5, 5.41) is 8.10. The van der Waals surface area contributed by atoms with Crippen LogP contribution in [0.4, 0.5) is 0 Å². The second-order valence-corrected chi connectivity index (χ2v) is 6.44. The van der Waals surface area contributed by atoms with Gasteiger partial charge in [0.15, 0.2) is 5.84 Å². The van der Waals surface area contributed by atoms with Crippen molar-refractivity contribution in [2.75, 3.05) is 0 Å². The molecule has 3 rings (SSSR count). The Morgan fingerprint density at radius 3 is 1.67 bits per heavy atom. The molecule has 0 bridgehead atoms. The SMILES string of the molecule is N=C1N=C(N)C(c2ccc(Br)cc2)=C1c1ccc(Br)cc1. The number of amidine groups is 2.